The highest BCUT2D eigenvalue weighted by molar-refractivity contribution is 7.25. The molecule has 0 unspecified atom stereocenters. The van der Waals surface area contributed by atoms with Crippen molar-refractivity contribution in [3.8, 4) is 0 Å². The fourth-order valence-corrected chi connectivity index (χ4v) is 2.85. The molecule has 138 valence electrons. The lowest BCUT2D eigenvalue weighted by molar-refractivity contribution is 0.00578. The van der Waals surface area contributed by atoms with E-state index in [1.165, 1.54) is 6.20 Å². The minimum absolute atomic E-state index is 0.0218. The Balaban J connectivity index is 2.24. The summed E-state index contributed by atoms with van der Waals surface area (Å²) in [4.78, 5) is 28.2. The molecule has 0 radical (unpaired) electrons. The van der Waals surface area contributed by atoms with Gasteiger partial charge in [-0.05, 0) is 48.5 Å². The number of carbonyl (C=O) groups is 2. The van der Waals surface area contributed by atoms with Crippen LogP contribution in [0.3, 0.4) is 0 Å². The van der Waals surface area contributed by atoms with Crippen LogP contribution < -0.4 is 9.68 Å². The van der Waals surface area contributed by atoms with Crippen LogP contribution in [0.4, 0.5) is 14.7 Å². The number of imide groups is 1. The van der Waals surface area contributed by atoms with Crippen LogP contribution in [-0.4, -0.2) is 46.2 Å². The van der Waals surface area contributed by atoms with E-state index in [4.69, 9.17) is 14.0 Å². The fourth-order valence-electron chi connectivity index (χ4n) is 1.99. The number of nitrogens with zero attached hydrogens (tertiary/aromatic N) is 2. The molecular weight excluding hydrogens is 347 g/mol. The minimum atomic E-state index is -1.47. The first kappa shape index (κ1) is 19.7. The molecule has 0 saturated carbocycles. The highest BCUT2D eigenvalue weighted by Gasteiger charge is 2.52. The van der Waals surface area contributed by atoms with Crippen LogP contribution in [0.1, 0.15) is 48.5 Å². The summed E-state index contributed by atoms with van der Waals surface area (Å²) in [6.07, 6.45) is -1.03. The molecule has 1 aliphatic rings. The molecule has 0 atom stereocenters. The summed E-state index contributed by atoms with van der Waals surface area (Å²) in [5.41, 5.74) is -1.88. The molecule has 2 amide bonds. The van der Waals surface area contributed by atoms with Gasteiger partial charge in [0.05, 0.1) is 16.0 Å². The number of rotatable bonds is 2. The lowest BCUT2D eigenvalue weighted by Crippen LogP contribution is -2.41. The molecule has 1 N–H and O–H groups in total. The van der Waals surface area contributed by atoms with Gasteiger partial charge in [0.2, 0.25) is 5.13 Å². The molecule has 2 rings (SSSR count). The van der Waals surface area contributed by atoms with Crippen LogP contribution in [0.2, 0.25) is 0 Å². The van der Waals surface area contributed by atoms with E-state index in [0.29, 0.717) is 9.68 Å². The first-order valence-electron chi connectivity index (χ1n) is 7.81. The Hall–Kier alpha value is -1.65. The van der Waals surface area contributed by atoms with Gasteiger partial charge in [0.1, 0.15) is 5.60 Å². The predicted octanol–water partition coefficient (Wildman–Crippen LogP) is 2.86. The second-order valence-electron chi connectivity index (χ2n) is 7.73. The van der Waals surface area contributed by atoms with Gasteiger partial charge in [0.15, 0.2) is 0 Å². The Morgan fingerprint density at radius 2 is 1.76 bits per heavy atom. The number of carbonyl (C=O) groups excluding carboxylic acids is 1. The molecule has 1 aliphatic heterocycles. The van der Waals surface area contributed by atoms with Gasteiger partial charge in [-0.15, -0.1) is 11.3 Å². The highest BCUT2D eigenvalue weighted by atomic mass is 32.1. The van der Waals surface area contributed by atoms with Crippen molar-refractivity contribution in [3.63, 3.8) is 0 Å². The lowest BCUT2D eigenvalue weighted by atomic mass is 9.89. The van der Waals surface area contributed by atoms with Crippen LogP contribution >= 0.6 is 11.3 Å². The predicted molar refractivity (Wildman–Crippen MR) is 94.6 cm³/mol. The number of anilines is 1. The third-order valence-electron chi connectivity index (χ3n) is 3.96. The number of hydrogen-bond acceptors (Lipinski definition) is 7. The summed E-state index contributed by atoms with van der Waals surface area (Å²) < 4.78 is 17.5. The van der Waals surface area contributed by atoms with E-state index in [0.717, 1.165) is 11.3 Å². The van der Waals surface area contributed by atoms with E-state index in [9.17, 15) is 14.7 Å². The smallest absolute Gasteiger partial charge is 0.464 e. The van der Waals surface area contributed by atoms with E-state index < -0.39 is 36.1 Å². The normalized spacial score (nSPS) is 18.9. The Bertz CT molecular complexity index is 666. The first-order valence-corrected chi connectivity index (χ1v) is 8.62. The zero-order chi connectivity index (χ0) is 19.2. The third-order valence-corrected chi connectivity index (χ3v) is 4.96. The van der Waals surface area contributed by atoms with Crippen LogP contribution in [-0.2, 0) is 14.0 Å². The summed E-state index contributed by atoms with van der Waals surface area (Å²) in [6.45, 7) is 12.6. The molecule has 0 spiro atoms. The van der Waals surface area contributed by atoms with Crippen molar-refractivity contribution in [2.75, 3.05) is 4.90 Å². The Labute approximate surface area is 151 Å². The quantitative estimate of drug-likeness (QED) is 0.800. The Morgan fingerprint density at radius 1 is 1.24 bits per heavy atom. The topological polar surface area (TPSA) is 98.2 Å². The average Bonchev–Trinajstić information content (AvgIpc) is 2.90. The molecular formula is C15H23BN2O6S. The van der Waals surface area contributed by atoms with E-state index in [1.54, 1.807) is 20.8 Å². The number of amides is 2. The van der Waals surface area contributed by atoms with Gasteiger partial charge >= 0.3 is 19.3 Å². The minimum Gasteiger partial charge on any atom is -0.464 e. The van der Waals surface area contributed by atoms with Gasteiger partial charge in [-0.2, -0.15) is 4.90 Å². The first-order chi connectivity index (χ1) is 11.2. The second kappa shape index (κ2) is 6.26. The Morgan fingerprint density at radius 3 is 2.20 bits per heavy atom. The zero-order valence-electron chi connectivity index (χ0n) is 15.4. The van der Waals surface area contributed by atoms with Crippen LogP contribution in [0, 0.1) is 0 Å². The van der Waals surface area contributed by atoms with E-state index in [2.05, 4.69) is 4.98 Å². The van der Waals surface area contributed by atoms with E-state index in [1.807, 2.05) is 27.7 Å². The summed E-state index contributed by atoms with van der Waals surface area (Å²) >= 11 is 1.01. The average molecular weight is 370 g/mol. The molecule has 2 heterocycles. The maximum Gasteiger partial charge on any atom is 0.507 e. The molecule has 0 aliphatic carbocycles. The number of aromatic nitrogens is 1. The second-order valence-corrected chi connectivity index (χ2v) is 8.77. The van der Waals surface area contributed by atoms with E-state index >= 15 is 0 Å². The number of thiazole rings is 1. The van der Waals surface area contributed by atoms with Crippen LogP contribution in [0.5, 0.6) is 0 Å². The van der Waals surface area contributed by atoms with Gasteiger partial charge in [-0.1, -0.05) is 0 Å². The van der Waals surface area contributed by atoms with Crippen molar-refractivity contribution < 1.29 is 28.7 Å². The molecule has 1 fully saturated rings. The van der Waals surface area contributed by atoms with Gasteiger partial charge in [0.25, 0.3) is 0 Å². The number of carboxylic acid groups (broad SMARTS) is 1. The standard InChI is InChI=1S/C15H23BN2O6S/c1-13(2,3)22-12(21)18(11(19)20)10-17-8-9(25-10)16-23-14(4,5)15(6,7)24-16/h8H,1-7H3,(H,19,20). The monoisotopic (exact) mass is 370 g/mol. The van der Waals surface area contributed by atoms with Gasteiger partial charge in [-0.25, -0.2) is 14.6 Å². The van der Waals surface area contributed by atoms with Gasteiger partial charge < -0.3 is 19.2 Å². The molecule has 0 bridgehead atoms. The molecule has 0 aromatic carbocycles. The fraction of sp³-hybridized carbons (Fsp3) is 0.667. The van der Waals surface area contributed by atoms with Crippen molar-refractivity contribution in [2.24, 2.45) is 0 Å². The molecule has 1 aromatic rings. The lowest BCUT2D eigenvalue weighted by Gasteiger charge is -2.32. The summed E-state index contributed by atoms with van der Waals surface area (Å²) in [5, 5.41) is 9.34. The zero-order valence-corrected chi connectivity index (χ0v) is 16.3. The third kappa shape index (κ3) is 4.13. The molecule has 1 aromatic heterocycles. The van der Waals surface area contributed by atoms with Crippen molar-refractivity contribution in [1.82, 2.24) is 4.98 Å². The number of hydrogen-bond donors (Lipinski definition) is 1. The highest BCUT2D eigenvalue weighted by Crippen LogP contribution is 2.37. The molecule has 1 saturated heterocycles. The largest absolute Gasteiger partial charge is 0.507 e. The SMILES string of the molecule is CC(C)(C)OC(=O)N(C(=O)O)c1ncc(B2OC(C)(C)C(C)(C)O2)s1. The summed E-state index contributed by atoms with van der Waals surface area (Å²) in [6, 6.07) is 0. The summed E-state index contributed by atoms with van der Waals surface area (Å²) in [5.74, 6) is 0. The maximum absolute atomic E-state index is 12.2. The van der Waals surface area contributed by atoms with Gasteiger partial charge in [-0.3, -0.25) is 0 Å². The summed E-state index contributed by atoms with van der Waals surface area (Å²) in [7, 11) is -0.675. The number of ether oxygens (including phenoxy) is 1. The maximum atomic E-state index is 12.2. The van der Waals surface area contributed by atoms with Gasteiger partial charge in [0, 0.05) is 6.20 Å². The van der Waals surface area contributed by atoms with E-state index in [-0.39, 0.29) is 5.13 Å². The molecule has 8 nitrogen and oxygen atoms in total. The Kier molecular flexibility index (Phi) is 4.93. The van der Waals surface area contributed by atoms with Crippen molar-refractivity contribution in [2.45, 2.75) is 65.3 Å². The van der Waals surface area contributed by atoms with Crippen molar-refractivity contribution in [1.29, 1.82) is 0 Å². The van der Waals surface area contributed by atoms with Crippen molar-refractivity contribution in [3.05, 3.63) is 6.20 Å². The van der Waals surface area contributed by atoms with Crippen LogP contribution in [0.25, 0.3) is 0 Å². The molecule has 25 heavy (non-hydrogen) atoms. The van der Waals surface area contributed by atoms with Crippen molar-refractivity contribution >= 4 is 40.5 Å². The molecule has 10 heteroatoms. The van der Waals surface area contributed by atoms with Crippen LogP contribution in [0.15, 0.2) is 6.20 Å².